The van der Waals surface area contributed by atoms with Gasteiger partial charge >= 0.3 is 5.97 Å². The molecule has 0 N–H and O–H groups in total. The van der Waals surface area contributed by atoms with Gasteiger partial charge in [0.1, 0.15) is 6.10 Å². The number of anilines is 1. The van der Waals surface area contributed by atoms with Crippen LogP contribution in [0.3, 0.4) is 0 Å². The maximum Gasteiger partial charge on any atom is 0.356 e. The van der Waals surface area contributed by atoms with E-state index < -0.39 is 5.97 Å². The molecule has 0 aliphatic carbocycles. The standard InChI is InChI=1S/C15H21N7O4/c1-10-8-11(14(23)25-3)17-15(16-10)21-4-7-26-12(9-21)13-18-20-22(19-13)5-6-24-2/h8,12H,4-7,9H2,1-3H3. The average molecular weight is 363 g/mol. The van der Waals surface area contributed by atoms with Crippen LogP contribution in [0.25, 0.3) is 0 Å². The fourth-order valence-corrected chi connectivity index (χ4v) is 2.54. The second-order valence-electron chi connectivity index (χ2n) is 5.73. The minimum Gasteiger partial charge on any atom is -0.464 e. The van der Waals surface area contributed by atoms with Crippen LogP contribution >= 0.6 is 0 Å². The fraction of sp³-hybridized carbons (Fsp3) is 0.600. The van der Waals surface area contributed by atoms with Gasteiger partial charge in [0.25, 0.3) is 0 Å². The van der Waals surface area contributed by atoms with Crippen LogP contribution in [-0.2, 0) is 20.8 Å². The normalized spacial score (nSPS) is 17.3. The summed E-state index contributed by atoms with van der Waals surface area (Å²) in [6, 6.07) is 1.59. The molecule has 3 heterocycles. The van der Waals surface area contributed by atoms with E-state index in [9.17, 15) is 4.79 Å². The molecule has 1 atom stereocenters. The van der Waals surface area contributed by atoms with Crippen molar-refractivity contribution in [2.45, 2.75) is 19.6 Å². The lowest BCUT2D eigenvalue weighted by Crippen LogP contribution is -2.40. The molecule has 0 aromatic carbocycles. The van der Waals surface area contributed by atoms with Crippen LogP contribution in [0.4, 0.5) is 5.95 Å². The van der Waals surface area contributed by atoms with Crippen molar-refractivity contribution in [3.05, 3.63) is 23.3 Å². The van der Waals surface area contributed by atoms with Gasteiger partial charge in [0, 0.05) is 19.3 Å². The van der Waals surface area contributed by atoms with Crippen molar-refractivity contribution in [2.24, 2.45) is 0 Å². The minimum atomic E-state index is -0.496. The number of esters is 1. The van der Waals surface area contributed by atoms with Crippen molar-refractivity contribution in [1.82, 2.24) is 30.2 Å². The van der Waals surface area contributed by atoms with Crippen LogP contribution < -0.4 is 4.90 Å². The Morgan fingerprint density at radius 3 is 3.00 bits per heavy atom. The third kappa shape index (κ3) is 4.11. The highest BCUT2D eigenvalue weighted by atomic mass is 16.5. The molecule has 0 radical (unpaired) electrons. The second-order valence-corrected chi connectivity index (χ2v) is 5.73. The Hall–Kier alpha value is -2.66. The Bertz CT molecular complexity index is 766. The Balaban J connectivity index is 1.75. The summed E-state index contributed by atoms with van der Waals surface area (Å²) in [7, 11) is 2.94. The molecule has 3 rings (SSSR count). The molecule has 1 fully saturated rings. The van der Waals surface area contributed by atoms with E-state index in [0.717, 1.165) is 0 Å². The summed E-state index contributed by atoms with van der Waals surface area (Å²) in [5.41, 5.74) is 0.906. The van der Waals surface area contributed by atoms with E-state index in [1.807, 2.05) is 4.90 Å². The maximum atomic E-state index is 11.8. The molecular weight excluding hydrogens is 342 g/mol. The van der Waals surface area contributed by atoms with Gasteiger partial charge < -0.3 is 19.1 Å². The van der Waals surface area contributed by atoms with Gasteiger partial charge in [-0.1, -0.05) is 0 Å². The van der Waals surface area contributed by atoms with Crippen molar-refractivity contribution < 1.29 is 19.0 Å². The van der Waals surface area contributed by atoms with E-state index >= 15 is 0 Å². The quantitative estimate of drug-likeness (QED) is 0.638. The molecule has 1 unspecified atom stereocenters. The zero-order valence-electron chi connectivity index (χ0n) is 15.0. The van der Waals surface area contributed by atoms with Crippen LogP contribution in [0, 0.1) is 6.92 Å². The van der Waals surface area contributed by atoms with Crippen LogP contribution in [0.15, 0.2) is 6.07 Å². The summed E-state index contributed by atoms with van der Waals surface area (Å²) in [6.45, 7) is 4.34. The monoisotopic (exact) mass is 363 g/mol. The summed E-state index contributed by atoms with van der Waals surface area (Å²) in [5.74, 6) is 0.446. The third-order valence-electron chi connectivity index (χ3n) is 3.84. The summed E-state index contributed by atoms with van der Waals surface area (Å²) in [5, 5.41) is 12.4. The zero-order valence-corrected chi connectivity index (χ0v) is 15.0. The Labute approximate surface area is 150 Å². The van der Waals surface area contributed by atoms with Gasteiger partial charge in [0.15, 0.2) is 5.69 Å². The van der Waals surface area contributed by atoms with Gasteiger partial charge in [-0.15, -0.1) is 10.2 Å². The van der Waals surface area contributed by atoms with Gasteiger partial charge in [0.2, 0.25) is 11.8 Å². The third-order valence-corrected chi connectivity index (χ3v) is 3.84. The van der Waals surface area contributed by atoms with E-state index in [4.69, 9.17) is 14.2 Å². The molecule has 0 bridgehead atoms. The molecule has 140 valence electrons. The van der Waals surface area contributed by atoms with Crippen LogP contribution in [0.5, 0.6) is 0 Å². The predicted molar refractivity (Wildman–Crippen MR) is 88.7 cm³/mol. The predicted octanol–water partition coefficient (Wildman–Crippen LogP) is -0.218. The second kappa shape index (κ2) is 8.15. The molecule has 1 aliphatic rings. The summed E-state index contributed by atoms with van der Waals surface area (Å²) in [4.78, 5) is 23.9. The van der Waals surface area contributed by atoms with E-state index in [1.165, 1.54) is 11.9 Å². The molecule has 0 amide bonds. The van der Waals surface area contributed by atoms with Crippen molar-refractivity contribution >= 4 is 11.9 Å². The van der Waals surface area contributed by atoms with Crippen LogP contribution in [0.1, 0.15) is 28.1 Å². The molecule has 1 saturated heterocycles. The maximum absolute atomic E-state index is 11.8. The Morgan fingerprint density at radius 2 is 2.23 bits per heavy atom. The minimum absolute atomic E-state index is 0.224. The number of carbonyl (C=O) groups excluding carboxylic acids is 1. The van der Waals surface area contributed by atoms with Crippen molar-refractivity contribution in [2.75, 3.05) is 45.4 Å². The lowest BCUT2D eigenvalue weighted by atomic mass is 10.2. The van der Waals surface area contributed by atoms with Gasteiger partial charge in [-0.25, -0.2) is 14.8 Å². The highest BCUT2D eigenvalue weighted by Crippen LogP contribution is 2.22. The van der Waals surface area contributed by atoms with E-state index in [2.05, 4.69) is 25.4 Å². The highest BCUT2D eigenvalue weighted by Gasteiger charge is 2.28. The lowest BCUT2D eigenvalue weighted by Gasteiger charge is -2.31. The van der Waals surface area contributed by atoms with Crippen molar-refractivity contribution in [1.29, 1.82) is 0 Å². The van der Waals surface area contributed by atoms with E-state index in [0.29, 0.717) is 50.3 Å². The van der Waals surface area contributed by atoms with Crippen molar-refractivity contribution in [3.63, 3.8) is 0 Å². The highest BCUT2D eigenvalue weighted by molar-refractivity contribution is 5.87. The SMILES string of the molecule is COCCn1nnc(C2CN(c3nc(C)cc(C(=O)OC)n3)CCO2)n1. The van der Waals surface area contributed by atoms with Gasteiger partial charge in [-0.05, 0) is 18.2 Å². The first-order chi connectivity index (χ1) is 12.6. The van der Waals surface area contributed by atoms with Crippen LogP contribution in [-0.4, -0.2) is 76.7 Å². The Morgan fingerprint density at radius 1 is 1.38 bits per heavy atom. The van der Waals surface area contributed by atoms with Crippen molar-refractivity contribution in [3.8, 4) is 0 Å². The number of ether oxygens (including phenoxy) is 3. The first kappa shape index (κ1) is 18.1. The number of morpholine rings is 1. The molecule has 11 nitrogen and oxygen atoms in total. The van der Waals surface area contributed by atoms with Crippen LogP contribution in [0.2, 0.25) is 0 Å². The number of aromatic nitrogens is 6. The summed E-state index contributed by atoms with van der Waals surface area (Å²) >= 11 is 0. The fourth-order valence-electron chi connectivity index (χ4n) is 2.54. The number of aryl methyl sites for hydroxylation is 1. The molecule has 0 saturated carbocycles. The first-order valence-electron chi connectivity index (χ1n) is 8.18. The first-order valence-corrected chi connectivity index (χ1v) is 8.18. The van der Waals surface area contributed by atoms with Gasteiger partial charge in [0.05, 0.1) is 33.4 Å². The number of hydrogen-bond acceptors (Lipinski definition) is 10. The van der Waals surface area contributed by atoms with Gasteiger partial charge in [-0.2, -0.15) is 4.80 Å². The molecular formula is C15H21N7O4. The molecule has 11 heteroatoms. The molecule has 2 aromatic heterocycles. The summed E-state index contributed by atoms with van der Waals surface area (Å²) in [6.07, 6.45) is -0.356. The number of tetrazole rings is 1. The zero-order chi connectivity index (χ0) is 18.5. The molecule has 2 aromatic rings. The molecule has 1 aliphatic heterocycles. The van der Waals surface area contributed by atoms with E-state index in [-0.39, 0.29) is 11.8 Å². The largest absolute Gasteiger partial charge is 0.464 e. The number of nitrogens with zero attached hydrogens (tertiary/aromatic N) is 7. The number of methoxy groups -OCH3 is 2. The molecule has 0 spiro atoms. The lowest BCUT2D eigenvalue weighted by molar-refractivity contribution is 0.0331. The summed E-state index contributed by atoms with van der Waals surface area (Å²) < 4.78 is 15.5. The number of rotatable bonds is 6. The Kier molecular flexibility index (Phi) is 5.68. The topological polar surface area (TPSA) is 117 Å². The van der Waals surface area contributed by atoms with E-state index in [1.54, 1.807) is 20.1 Å². The molecule has 26 heavy (non-hydrogen) atoms. The average Bonchev–Trinajstić information content (AvgIpc) is 3.14. The van der Waals surface area contributed by atoms with Gasteiger partial charge in [-0.3, -0.25) is 0 Å². The number of hydrogen-bond donors (Lipinski definition) is 0. The number of carbonyl (C=O) groups is 1. The smallest absolute Gasteiger partial charge is 0.356 e.